The fourth-order valence-corrected chi connectivity index (χ4v) is 3.44. The molecular formula is C22H14BrClINO. The number of halogens is 3. The summed E-state index contributed by atoms with van der Waals surface area (Å²) in [4.78, 5) is 0. The molecule has 2 nitrogen and oxygen atoms in total. The molecule has 0 bridgehead atoms. The molecule has 0 N–H and O–H groups in total. The Morgan fingerprint density at radius 1 is 1.07 bits per heavy atom. The minimum atomic E-state index is 0.455. The molecule has 0 unspecified atom stereocenters. The van der Waals surface area contributed by atoms with Gasteiger partial charge in [0.25, 0.3) is 0 Å². The minimum absolute atomic E-state index is 0.455. The maximum Gasteiger partial charge on any atom is 0.134 e. The van der Waals surface area contributed by atoms with Gasteiger partial charge in [0.2, 0.25) is 0 Å². The fraction of sp³-hybridized carbons (Fsp3) is 0.0455. The molecule has 0 aliphatic heterocycles. The Balaban J connectivity index is 1.76. The highest BCUT2D eigenvalue weighted by Crippen LogP contribution is 2.29. The second kappa shape index (κ2) is 9.41. The number of hydrogen-bond acceptors (Lipinski definition) is 2. The predicted octanol–water partition coefficient (Wildman–Crippen LogP) is 7.35. The third-order valence-electron chi connectivity index (χ3n) is 3.85. The monoisotopic (exact) mass is 549 g/mol. The van der Waals surface area contributed by atoms with Crippen molar-refractivity contribution in [3.05, 3.63) is 96.5 Å². The number of nitrogens with zero attached hydrogens (tertiary/aromatic N) is 1. The summed E-state index contributed by atoms with van der Waals surface area (Å²) < 4.78 is 7.85. The molecule has 5 heteroatoms. The van der Waals surface area contributed by atoms with Crippen molar-refractivity contribution >= 4 is 61.8 Å². The van der Waals surface area contributed by atoms with Gasteiger partial charge in [0.05, 0.1) is 16.1 Å². The van der Waals surface area contributed by atoms with Crippen molar-refractivity contribution in [2.24, 2.45) is 0 Å². The molecule has 0 aromatic heterocycles. The highest BCUT2D eigenvalue weighted by atomic mass is 127. The molecule has 3 rings (SSSR count). The van der Waals surface area contributed by atoms with Crippen LogP contribution in [0.3, 0.4) is 0 Å². The van der Waals surface area contributed by atoms with E-state index >= 15 is 0 Å². The summed E-state index contributed by atoms with van der Waals surface area (Å²) in [6.07, 6.45) is 1.87. The van der Waals surface area contributed by atoms with Gasteiger partial charge in [0, 0.05) is 8.59 Å². The lowest BCUT2D eigenvalue weighted by atomic mass is 10.0. The standard InChI is InChI=1S/C22H14BrClINO/c23-21-12-16(11-18(13-26)17-4-8-20(25)9-5-17)3-10-22(21)27-14-15-1-6-19(24)7-2-15/h1-12H,14H2/b18-11-. The first-order valence-corrected chi connectivity index (χ1v) is 10.3. The van der Waals surface area contributed by atoms with Gasteiger partial charge in [-0.2, -0.15) is 5.26 Å². The van der Waals surface area contributed by atoms with Crippen molar-refractivity contribution in [3.63, 3.8) is 0 Å². The first kappa shape index (κ1) is 19.9. The van der Waals surface area contributed by atoms with E-state index in [0.29, 0.717) is 17.2 Å². The topological polar surface area (TPSA) is 33.0 Å². The molecule has 0 saturated carbocycles. The van der Waals surface area contributed by atoms with Gasteiger partial charge < -0.3 is 4.74 Å². The number of nitriles is 1. The van der Waals surface area contributed by atoms with Crippen LogP contribution in [0.25, 0.3) is 11.6 Å². The van der Waals surface area contributed by atoms with E-state index in [0.717, 1.165) is 30.5 Å². The van der Waals surface area contributed by atoms with Crippen LogP contribution in [0.2, 0.25) is 5.02 Å². The van der Waals surface area contributed by atoms with Crippen LogP contribution < -0.4 is 4.74 Å². The molecule has 0 heterocycles. The largest absolute Gasteiger partial charge is 0.488 e. The number of rotatable bonds is 5. The third kappa shape index (κ3) is 5.58. The Kier molecular flexibility index (Phi) is 6.95. The number of benzene rings is 3. The van der Waals surface area contributed by atoms with Crippen molar-refractivity contribution in [1.82, 2.24) is 0 Å². The molecule has 3 aromatic carbocycles. The highest BCUT2D eigenvalue weighted by molar-refractivity contribution is 14.1. The summed E-state index contributed by atoms with van der Waals surface area (Å²) in [6.45, 7) is 0.455. The van der Waals surface area contributed by atoms with Crippen molar-refractivity contribution in [1.29, 1.82) is 5.26 Å². The lowest BCUT2D eigenvalue weighted by Crippen LogP contribution is -1.96. The Morgan fingerprint density at radius 2 is 1.78 bits per heavy atom. The van der Waals surface area contributed by atoms with Gasteiger partial charge in [-0.25, -0.2) is 0 Å². The van der Waals surface area contributed by atoms with Gasteiger partial charge >= 0.3 is 0 Å². The molecule has 0 aliphatic rings. The lowest BCUT2D eigenvalue weighted by Gasteiger charge is -2.09. The van der Waals surface area contributed by atoms with Crippen LogP contribution in [0, 0.1) is 14.9 Å². The summed E-state index contributed by atoms with van der Waals surface area (Å²) in [6, 6.07) is 23.5. The summed E-state index contributed by atoms with van der Waals surface area (Å²) in [7, 11) is 0. The summed E-state index contributed by atoms with van der Waals surface area (Å²) in [5.74, 6) is 0.745. The van der Waals surface area contributed by atoms with Gasteiger partial charge in [-0.05, 0) is 97.7 Å². The van der Waals surface area contributed by atoms with Crippen LogP contribution in [0.15, 0.2) is 71.2 Å². The SMILES string of the molecule is N#C/C(=C/c1ccc(OCc2ccc(Cl)cc2)c(Br)c1)c1ccc(I)cc1. The Labute approximate surface area is 185 Å². The maximum absolute atomic E-state index is 9.50. The summed E-state index contributed by atoms with van der Waals surface area (Å²) in [5, 5.41) is 10.2. The third-order valence-corrected chi connectivity index (χ3v) is 5.44. The average molecular weight is 551 g/mol. The van der Waals surface area contributed by atoms with Crippen LogP contribution in [-0.4, -0.2) is 0 Å². The molecule has 27 heavy (non-hydrogen) atoms. The zero-order valence-corrected chi connectivity index (χ0v) is 18.6. The fourth-order valence-electron chi connectivity index (χ4n) is 2.44. The lowest BCUT2D eigenvalue weighted by molar-refractivity contribution is 0.304. The van der Waals surface area contributed by atoms with Crippen molar-refractivity contribution in [2.75, 3.05) is 0 Å². The van der Waals surface area contributed by atoms with Crippen molar-refractivity contribution in [2.45, 2.75) is 6.61 Å². The molecule has 0 spiro atoms. The Bertz CT molecular complexity index is 1010. The quantitative estimate of drug-likeness (QED) is 0.189. The second-order valence-corrected chi connectivity index (χ2v) is 8.32. The first-order valence-electron chi connectivity index (χ1n) is 8.10. The molecule has 0 amide bonds. The van der Waals surface area contributed by atoms with E-state index in [4.69, 9.17) is 16.3 Å². The van der Waals surface area contributed by atoms with E-state index < -0.39 is 0 Å². The number of ether oxygens (including phenoxy) is 1. The van der Waals surface area contributed by atoms with E-state index in [1.54, 1.807) is 0 Å². The van der Waals surface area contributed by atoms with Crippen LogP contribution >= 0.6 is 50.1 Å². The van der Waals surface area contributed by atoms with Gasteiger partial charge in [-0.3, -0.25) is 0 Å². The van der Waals surface area contributed by atoms with Gasteiger partial charge in [-0.15, -0.1) is 0 Å². The van der Waals surface area contributed by atoms with Gasteiger partial charge in [-0.1, -0.05) is 41.9 Å². The average Bonchev–Trinajstić information content (AvgIpc) is 2.67. The molecule has 3 aromatic rings. The molecule has 0 fully saturated rings. The summed E-state index contributed by atoms with van der Waals surface area (Å²) in [5.41, 5.74) is 3.49. The van der Waals surface area contributed by atoms with Gasteiger partial charge in [0.1, 0.15) is 12.4 Å². The number of hydrogen-bond donors (Lipinski definition) is 0. The second-order valence-electron chi connectivity index (χ2n) is 5.78. The molecule has 0 radical (unpaired) electrons. The van der Waals surface area contributed by atoms with Crippen molar-refractivity contribution < 1.29 is 4.74 Å². The summed E-state index contributed by atoms with van der Waals surface area (Å²) >= 11 is 11.7. The first-order chi connectivity index (χ1) is 13.0. The highest BCUT2D eigenvalue weighted by Gasteiger charge is 2.05. The van der Waals surface area contributed by atoms with E-state index in [9.17, 15) is 5.26 Å². The minimum Gasteiger partial charge on any atom is -0.488 e. The van der Waals surface area contributed by atoms with Crippen LogP contribution in [0.1, 0.15) is 16.7 Å². The van der Waals surface area contributed by atoms with E-state index in [-0.39, 0.29) is 0 Å². The normalized spacial score (nSPS) is 11.1. The Morgan fingerprint density at radius 3 is 2.41 bits per heavy atom. The van der Waals surface area contributed by atoms with E-state index in [1.807, 2.05) is 72.8 Å². The Hall–Kier alpha value is -1.81. The zero-order chi connectivity index (χ0) is 19.2. The predicted molar refractivity (Wildman–Crippen MR) is 123 cm³/mol. The van der Waals surface area contributed by atoms with Crippen LogP contribution in [0.5, 0.6) is 5.75 Å². The van der Waals surface area contributed by atoms with Crippen molar-refractivity contribution in [3.8, 4) is 11.8 Å². The smallest absolute Gasteiger partial charge is 0.134 e. The zero-order valence-electron chi connectivity index (χ0n) is 14.1. The number of allylic oxidation sites excluding steroid dienone is 1. The van der Waals surface area contributed by atoms with E-state index in [1.165, 1.54) is 0 Å². The van der Waals surface area contributed by atoms with E-state index in [2.05, 4.69) is 44.6 Å². The van der Waals surface area contributed by atoms with Gasteiger partial charge in [0.15, 0.2) is 0 Å². The molecule has 0 aliphatic carbocycles. The molecule has 0 atom stereocenters. The molecule has 134 valence electrons. The van der Waals surface area contributed by atoms with Crippen LogP contribution in [0.4, 0.5) is 0 Å². The molecule has 0 saturated heterocycles. The maximum atomic E-state index is 9.50. The molecular weight excluding hydrogens is 537 g/mol. The van der Waals surface area contributed by atoms with Crippen LogP contribution in [-0.2, 0) is 6.61 Å².